The molecule has 6 nitrogen and oxygen atoms in total. The average Bonchev–Trinajstić information content (AvgIpc) is 2.67. The summed E-state index contributed by atoms with van der Waals surface area (Å²) >= 11 is 0. The van der Waals surface area contributed by atoms with Gasteiger partial charge < -0.3 is 4.90 Å². The van der Waals surface area contributed by atoms with Crippen LogP contribution in [0.2, 0.25) is 0 Å². The molecule has 1 amide bonds. The van der Waals surface area contributed by atoms with Gasteiger partial charge in [-0.2, -0.15) is 5.10 Å². The smallest absolute Gasteiger partial charge is 0.224 e. The minimum absolute atomic E-state index is 0.0772. The van der Waals surface area contributed by atoms with E-state index in [1.54, 1.807) is 10.7 Å². The summed E-state index contributed by atoms with van der Waals surface area (Å²) in [6.45, 7) is 4.37. The van der Waals surface area contributed by atoms with Gasteiger partial charge in [-0.3, -0.25) is 19.2 Å². The lowest BCUT2D eigenvalue weighted by Crippen LogP contribution is -2.56. The second-order valence-electron chi connectivity index (χ2n) is 7.02. The van der Waals surface area contributed by atoms with E-state index in [0.29, 0.717) is 24.4 Å². The highest BCUT2D eigenvalue weighted by Crippen LogP contribution is 2.21. The number of para-hydroxylation sites is 1. The predicted molar refractivity (Wildman–Crippen MR) is 96.4 cm³/mol. The molecule has 0 saturated carbocycles. The van der Waals surface area contributed by atoms with Crippen LogP contribution < -0.4 is 5.43 Å². The Balaban J connectivity index is 1.42. The van der Waals surface area contributed by atoms with Crippen LogP contribution in [0.3, 0.4) is 0 Å². The lowest BCUT2D eigenvalue weighted by Gasteiger charge is -2.44. The molecule has 0 spiro atoms. The number of aromatic nitrogens is 2. The molecule has 0 aliphatic carbocycles. The third kappa shape index (κ3) is 3.31. The molecular weight excluding hydrogens is 316 g/mol. The maximum absolute atomic E-state index is 12.7. The van der Waals surface area contributed by atoms with Crippen molar-refractivity contribution < 1.29 is 4.79 Å². The first-order valence-corrected chi connectivity index (χ1v) is 9.19. The Morgan fingerprint density at radius 2 is 2.04 bits per heavy atom. The minimum atomic E-state index is -0.0772. The number of carbonyl (C=O) groups is 1. The summed E-state index contributed by atoms with van der Waals surface area (Å²) in [6.07, 6.45) is 5.53. The van der Waals surface area contributed by atoms with Crippen molar-refractivity contribution in [2.24, 2.45) is 0 Å². The molecule has 2 aliphatic rings. The van der Waals surface area contributed by atoms with Crippen LogP contribution >= 0.6 is 0 Å². The first-order chi connectivity index (χ1) is 12.2. The fraction of sp³-hybridized carbons (Fsp3) is 0.526. The second-order valence-corrected chi connectivity index (χ2v) is 7.02. The molecule has 132 valence electrons. The molecule has 2 aromatic rings. The summed E-state index contributed by atoms with van der Waals surface area (Å²) < 4.78 is 1.77. The van der Waals surface area contributed by atoms with E-state index < -0.39 is 0 Å². The molecule has 1 aromatic heterocycles. The molecule has 0 bridgehead atoms. The quantitative estimate of drug-likeness (QED) is 0.849. The Morgan fingerprint density at radius 3 is 2.96 bits per heavy atom. The van der Waals surface area contributed by atoms with Crippen molar-refractivity contribution >= 4 is 16.8 Å². The summed E-state index contributed by atoms with van der Waals surface area (Å²) in [4.78, 5) is 29.1. The average molecular weight is 340 g/mol. The zero-order chi connectivity index (χ0) is 17.2. The molecule has 2 fully saturated rings. The van der Waals surface area contributed by atoms with Gasteiger partial charge in [0.2, 0.25) is 11.3 Å². The van der Waals surface area contributed by atoms with Crippen molar-refractivity contribution in [2.75, 3.05) is 26.2 Å². The SMILES string of the molecule is O=C(CCn1ncc(=O)c2ccccc21)N1CCN2CCCC[C@@H]2C1. The first kappa shape index (κ1) is 16.3. The van der Waals surface area contributed by atoms with Gasteiger partial charge in [0.1, 0.15) is 0 Å². The van der Waals surface area contributed by atoms with E-state index in [1.165, 1.54) is 32.0 Å². The third-order valence-electron chi connectivity index (χ3n) is 5.49. The Kier molecular flexibility index (Phi) is 4.53. The van der Waals surface area contributed by atoms with Gasteiger partial charge in [-0.15, -0.1) is 0 Å². The van der Waals surface area contributed by atoms with Gasteiger partial charge in [0, 0.05) is 37.5 Å². The molecule has 25 heavy (non-hydrogen) atoms. The van der Waals surface area contributed by atoms with E-state index in [1.807, 2.05) is 23.1 Å². The van der Waals surface area contributed by atoms with Crippen molar-refractivity contribution in [3.05, 3.63) is 40.7 Å². The van der Waals surface area contributed by atoms with Gasteiger partial charge in [0.15, 0.2) is 0 Å². The van der Waals surface area contributed by atoms with E-state index >= 15 is 0 Å². The van der Waals surface area contributed by atoms with Gasteiger partial charge in [-0.25, -0.2) is 0 Å². The number of hydrogen-bond donors (Lipinski definition) is 0. The summed E-state index contributed by atoms with van der Waals surface area (Å²) in [5.41, 5.74) is 0.714. The number of carbonyl (C=O) groups excluding carboxylic acids is 1. The van der Waals surface area contributed by atoms with Crippen LogP contribution in [0.25, 0.3) is 10.9 Å². The van der Waals surface area contributed by atoms with Gasteiger partial charge >= 0.3 is 0 Å². The maximum atomic E-state index is 12.7. The summed E-state index contributed by atoms with van der Waals surface area (Å²) in [6, 6.07) is 7.97. The minimum Gasteiger partial charge on any atom is -0.340 e. The fourth-order valence-corrected chi connectivity index (χ4v) is 4.08. The number of rotatable bonds is 3. The monoisotopic (exact) mass is 340 g/mol. The molecule has 2 saturated heterocycles. The van der Waals surface area contributed by atoms with Crippen LogP contribution in [0, 0.1) is 0 Å². The molecule has 2 aliphatic heterocycles. The summed E-state index contributed by atoms with van der Waals surface area (Å²) in [7, 11) is 0. The van der Waals surface area contributed by atoms with Gasteiger partial charge in [0.25, 0.3) is 0 Å². The number of nitrogens with zero attached hydrogens (tertiary/aromatic N) is 4. The lowest BCUT2D eigenvalue weighted by molar-refractivity contribution is -0.135. The Morgan fingerprint density at radius 1 is 1.16 bits per heavy atom. The molecule has 0 radical (unpaired) electrons. The van der Waals surface area contributed by atoms with Gasteiger partial charge in [-0.05, 0) is 31.5 Å². The Hall–Kier alpha value is -2.21. The van der Waals surface area contributed by atoms with E-state index in [4.69, 9.17) is 0 Å². The number of piperazine rings is 1. The van der Waals surface area contributed by atoms with Crippen LogP contribution in [-0.4, -0.2) is 57.7 Å². The van der Waals surface area contributed by atoms with E-state index in [0.717, 1.165) is 25.2 Å². The zero-order valence-electron chi connectivity index (χ0n) is 14.4. The number of amides is 1. The van der Waals surface area contributed by atoms with Crippen molar-refractivity contribution in [1.82, 2.24) is 19.6 Å². The van der Waals surface area contributed by atoms with E-state index in [-0.39, 0.29) is 11.3 Å². The lowest BCUT2D eigenvalue weighted by atomic mass is 9.99. The van der Waals surface area contributed by atoms with Gasteiger partial charge in [-0.1, -0.05) is 18.6 Å². The number of piperidine rings is 1. The molecule has 0 unspecified atom stereocenters. The number of aryl methyl sites for hydroxylation is 1. The topological polar surface area (TPSA) is 58.4 Å². The third-order valence-corrected chi connectivity index (χ3v) is 5.49. The van der Waals surface area contributed by atoms with E-state index in [9.17, 15) is 9.59 Å². The number of fused-ring (bicyclic) bond motifs is 2. The second kappa shape index (κ2) is 6.96. The fourth-order valence-electron chi connectivity index (χ4n) is 4.08. The summed E-state index contributed by atoms with van der Waals surface area (Å²) in [5, 5.41) is 4.87. The predicted octanol–water partition coefficient (Wildman–Crippen LogP) is 1.48. The van der Waals surface area contributed by atoms with Crippen LogP contribution in [0.15, 0.2) is 35.3 Å². The molecule has 1 aromatic carbocycles. The number of benzene rings is 1. The van der Waals surface area contributed by atoms with Crippen LogP contribution in [0.1, 0.15) is 25.7 Å². The van der Waals surface area contributed by atoms with Crippen molar-refractivity contribution in [2.45, 2.75) is 38.3 Å². The molecule has 6 heteroatoms. The standard InChI is InChI=1S/C19H24N4O2/c24-18-13-20-23(17-7-2-1-6-16(17)18)10-8-19(25)22-12-11-21-9-4-3-5-15(21)14-22/h1-2,6-7,13,15H,3-5,8-12,14H2/t15-/m1/s1. The highest BCUT2D eigenvalue weighted by atomic mass is 16.2. The van der Waals surface area contributed by atoms with Crippen LogP contribution in [0.4, 0.5) is 0 Å². The number of hydrogen-bond acceptors (Lipinski definition) is 4. The Bertz CT molecular complexity index is 832. The van der Waals surface area contributed by atoms with Crippen LogP contribution in [0.5, 0.6) is 0 Å². The molecule has 1 atom stereocenters. The molecule has 3 heterocycles. The highest BCUT2D eigenvalue weighted by Gasteiger charge is 2.30. The summed E-state index contributed by atoms with van der Waals surface area (Å²) in [5.74, 6) is 0.190. The van der Waals surface area contributed by atoms with Crippen molar-refractivity contribution in [3.63, 3.8) is 0 Å². The molecular formula is C19H24N4O2. The van der Waals surface area contributed by atoms with Crippen molar-refractivity contribution in [3.8, 4) is 0 Å². The highest BCUT2D eigenvalue weighted by molar-refractivity contribution is 5.79. The first-order valence-electron chi connectivity index (χ1n) is 9.19. The normalized spacial score (nSPS) is 21.3. The molecule has 0 N–H and O–H groups in total. The maximum Gasteiger partial charge on any atom is 0.224 e. The van der Waals surface area contributed by atoms with Crippen molar-refractivity contribution in [1.29, 1.82) is 0 Å². The Labute approximate surface area is 147 Å². The molecule has 4 rings (SSSR count). The largest absolute Gasteiger partial charge is 0.340 e. The van der Waals surface area contributed by atoms with Gasteiger partial charge in [0.05, 0.1) is 18.3 Å². The zero-order valence-corrected chi connectivity index (χ0v) is 14.4. The van der Waals surface area contributed by atoms with E-state index in [2.05, 4.69) is 10.00 Å². The van der Waals surface area contributed by atoms with Crippen LogP contribution in [-0.2, 0) is 11.3 Å².